The summed E-state index contributed by atoms with van der Waals surface area (Å²) < 4.78 is 19.6. The molecule has 0 aliphatic carbocycles. The number of amides is 1. The average molecular weight is 458 g/mol. The van der Waals surface area contributed by atoms with E-state index >= 15 is 0 Å². The van der Waals surface area contributed by atoms with Crippen LogP contribution in [0.5, 0.6) is 0 Å². The molecule has 1 aromatic carbocycles. The number of carbonyl (C=O) groups excluding carboxylic acids is 1. The van der Waals surface area contributed by atoms with E-state index in [1.165, 1.54) is 6.07 Å². The third-order valence-electron chi connectivity index (χ3n) is 3.92. The number of unbranched alkanes of at least 4 members (excludes halogenated alkanes) is 1. The molecule has 0 aromatic heterocycles. The molecule has 1 aromatic rings. The van der Waals surface area contributed by atoms with Crippen LogP contribution in [0.2, 0.25) is 0 Å². The van der Waals surface area contributed by atoms with Crippen LogP contribution in [0.25, 0.3) is 0 Å². The summed E-state index contributed by atoms with van der Waals surface area (Å²) in [4.78, 5) is 13.6. The van der Waals surface area contributed by atoms with Crippen molar-refractivity contribution in [2.75, 3.05) is 26.3 Å². The summed E-state index contributed by atoms with van der Waals surface area (Å²) in [5.74, 6) is -1.07. The molecule has 1 aliphatic rings. The molecule has 0 unspecified atom stereocenters. The number of halogens is 1. The zero-order chi connectivity index (χ0) is 15.9. The Kier molecular flexibility index (Phi) is 13.1. The fourth-order valence-electron chi connectivity index (χ4n) is 2.63. The molecule has 0 spiro atoms. The number of hydrogen-bond acceptors (Lipinski definition) is 4. The zero-order valence-corrected chi connectivity index (χ0v) is 21.2. The summed E-state index contributed by atoms with van der Waals surface area (Å²) in [6.45, 7) is 5.73. The van der Waals surface area contributed by atoms with E-state index in [1.54, 1.807) is 11.5 Å². The van der Waals surface area contributed by atoms with Crippen molar-refractivity contribution in [1.29, 1.82) is 0 Å². The molecule has 130 valence electrons. The molecule has 2 N–H and O–H groups in total. The molecule has 1 aliphatic heterocycles. The molecule has 0 atom stereocenters. The van der Waals surface area contributed by atoms with Crippen molar-refractivity contribution < 1.29 is 88.0 Å². The molecule has 5 nitrogen and oxygen atoms in total. The van der Waals surface area contributed by atoms with E-state index in [1.807, 2.05) is 0 Å². The predicted molar refractivity (Wildman–Crippen MR) is 86.8 cm³/mol. The second kappa shape index (κ2) is 12.8. The van der Waals surface area contributed by atoms with Gasteiger partial charge in [-0.15, -0.1) is 0 Å². The van der Waals surface area contributed by atoms with Crippen molar-refractivity contribution in [2.24, 2.45) is 0 Å². The first kappa shape index (κ1) is 24.6. The van der Waals surface area contributed by atoms with Crippen molar-refractivity contribution in [1.82, 2.24) is 10.4 Å². The number of nitrogens with one attached hydrogen (secondary N) is 1. The molecule has 0 fully saturated rings. The van der Waals surface area contributed by atoms with Gasteiger partial charge < -0.3 is 12.2 Å². The summed E-state index contributed by atoms with van der Waals surface area (Å²) in [5, 5.41) is 8.67. The zero-order valence-electron chi connectivity index (χ0n) is 14.9. The molecule has 1 heterocycles. The maximum absolute atomic E-state index is 14.0. The van der Waals surface area contributed by atoms with Crippen LogP contribution in [-0.2, 0) is 17.7 Å². The van der Waals surface area contributed by atoms with Crippen LogP contribution in [0.4, 0.5) is 4.39 Å². The summed E-state index contributed by atoms with van der Waals surface area (Å²) in [6, 6.07) is 2.82. The molecule has 24 heavy (non-hydrogen) atoms. The first-order chi connectivity index (χ1) is 10.7. The molecule has 0 bridgehead atoms. The molecule has 0 saturated heterocycles. The number of benzene rings is 1. The largest absolute Gasteiger partial charge is 1.00 e. The van der Waals surface area contributed by atoms with Crippen molar-refractivity contribution in [3.8, 4) is 0 Å². The molecule has 0 radical (unpaired) electrons. The Labute approximate surface area is 202 Å². The Morgan fingerprint density at radius 3 is 2.83 bits per heavy atom. The van der Waals surface area contributed by atoms with E-state index < -0.39 is 5.91 Å². The summed E-state index contributed by atoms with van der Waals surface area (Å²) in [5.41, 5.74) is 3.15. The van der Waals surface area contributed by atoms with Crippen molar-refractivity contribution in [3.63, 3.8) is 0 Å². The molecule has 0 saturated carbocycles. The topological polar surface area (TPSA) is 61.8 Å². The van der Waals surface area contributed by atoms with Gasteiger partial charge in [0.25, 0.3) is 5.91 Å². The van der Waals surface area contributed by atoms with Gasteiger partial charge in [0.15, 0.2) is 0 Å². The Bertz CT molecular complexity index is 529. The van der Waals surface area contributed by atoms with Crippen LogP contribution >= 0.6 is 0 Å². The molecule has 7 heteroatoms. The fourth-order valence-corrected chi connectivity index (χ4v) is 2.63. The summed E-state index contributed by atoms with van der Waals surface area (Å²) in [6.07, 6.45) is 2.80. The fraction of sp³-hybridized carbons (Fsp3) is 0.529. The van der Waals surface area contributed by atoms with Crippen LogP contribution in [0.3, 0.4) is 0 Å². The number of ether oxygens (including phenoxy) is 1. The first-order valence-corrected chi connectivity index (χ1v) is 7.71. The minimum absolute atomic E-state index is 0. The second-order valence-electron chi connectivity index (χ2n) is 5.53. The van der Waals surface area contributed by atoms with Crippen molar-refractivity contribution in [3.05, 3.63) is 42.1 Å². The monoisotopic (exact) mass is 458 g/mol. The Morgan fingerprint density at radius 1 is 1.42 bits per heavy atom. The number of hydroxylamine groups is 1. The van der Waals surface area contributed by atoms with E-state index in [4.69, 9.17) is 9.94 Å². The molecular weight excluding hydrogens is 432 g/mol. The number of nitrogens with zero attached hydrogens (tertiary/aromatic N) is 1. The van der Waals surface area contributed by atoms with Crippen LogP contribution in [0.1, 0.15) is 41.3 Å². The SMILES string of the molecule is CCCCOCCN1CCc2c(F)cc(C(=O)NO)cc2C1.[CH3-].[Cs+]. The van der Waals surface area contributed by atoms with Crippen LogP contribution in [0, 0.1) is 13.2 Å². The summed E-state index contributed by atoms with van der Waals surface area (Å²) in [7, 11) is 0. The first-order valence-electron chi connectivity index (χ1n) is 7.71. The minimum atomic E-state index is -0.693. The quantitative estimate of drug-likeness (QED) is 0.252. The van der Waals surface area contributed by atoms with Gasteiger partial charge in [-0.05, 0) is 36.1 Å². The van der Waals surface area contributed by atoms with Crippen LogP contribution in [0.15, 0.2) is 12.1 Å². The van der Waals surface area contributed by atoms with Gasteiger partial charge in [-0.3, -0.25) is 14.9 Å². The second-order valence-corrected chi connectivity index (χ2v) is 5.53. The van der Waals surface area contributed by atoms with Crippen LogP contribution < -0.4 is 74.4 Å². The third-order valence-corrected chi connectivity index (χ3v) is 3.92. The molecular formula is C17H26CsFN2O3. The smallest absolute Gasteiger partial charge is 0.380 e. The van der Waals surface area contributed by atoms with E-state index in [0.717, 1.165) is 38.1 Å². The van der Waals surface area contributed by atoms with E-state index in [2.05, 4.69) is 11.8 Å². The van der Waals surface area contributed by atoms with Crippen molar-refractivity contribution in [2.45, 2.75) is 32.7 Å². The van der Waals surface area contributed by atoms with Gasteiger partial charge in [0.05, 0.1) is 6.61 Å². The van der Waals surface area contributed by atoms with Crippen LogP contribution in [-0.4, -0.2) is 42.3 Å². The average Bonchev–Trinajstić information content (AvgIpc) is 2.53. The van der Waals surface area contributed by atoms with Gasteiger partial charge >= 0.3 is 68.9 Å². The van der Waals surface area contributed by atoms with Crippen molar-refractivity contribution >= 4 is 5.91 Å². The normalized spacial score (nSPS) is 13.5. The predicted octanol–water partition coefficient (Wildman–Crippen LogP) is -0.426. The molecule has 2 rings (SSSR count). The van der Waals surface area contributed by atoms with Gasteiger partial charge in [-0.2, -0.15) is 0 Å². The minimum Gasteiger partial charge on any atom is -0.380 e. The molecule has 1 amide bonds. The standard InChI is InChI=1S/C16H23FN2O3.CH3.Cs/c1-2-3-7-22-8-6-19-5-4-14-13(11-19)9-12(10-15(14)17)16(20)18-21;;/h9-10,21H,2-8,11H2,1H3,(H,18,20);1H3;/q;-1;+1. The Hall–Kier alpha value is 0.552. The maximum atomic E-state index is 14.0. The van der Waals surface area contributed by atoms with Gasteiger partial charge in [0, 0.05) is 31.8 Å². The maximum Gasteiger partial charge on any atom is 1.00 e. The third kappa shape index (κ3) is 7.05. The number of hydrogen-bond donors (Lipinski definition) is 2. The number of rotatable bonds is 7. The number of carbonyl (C=O) groups is 1. The van der Waals surface area contributed by atoms with Gasteiger partial charge in [0.2, 0.25) is 0 Å². The van der Waals surface area contributed by atoms with E-state index in [0.29, 0.717) is 25.1 Å². The van der Waals surface area contributed by atoms with E-state index in [9.17, 15) is 9.18 Å². The van der Waals surface area contributed by atoms with Gasteiger partial charge in [-0.25, -0.2) is 9.87 Å². The van der Waals surface area contributed by atoms with Gasteiger partial charge in [0.1, 0.15) is 5.82 Å². The van der Waals surface area contributed by atoms with Gasteiger partial charge in [-0.1, -0.05) is 13.3 Å². The Balaban J connectivity index is 0.00000264. The summed E-state index contributed by atoms with van der Waals surface area (Å²) >= 11 is 0. The van der Waals surface area contributed by atoms with E-state index in [-0.39, 0.29) is 87.7 Å². The Morgan fingerprint density at radius 2 is 2.17 bits per heavy atom. The number of fused-ring (bicyclic) bond motifs is 1.